The van der Waals surface area contributed by atoms with E-state index in [1.54, 1.807) is 25.2 Å². The molecule has 2 N–H and O–H groups in total. The van der Waals surface area contributed by atoms with Crippen molar-refractivity contribution in [3.05, 3.63) is 29.3 Å². The maximum Gasteiger partial charge on any atom is 0.233 e. The normalized spacial score (nSPS) is 18.8. The van der Waals surface area contributed by atoms with Crippen LogP contribution in [0.4, 0.5) is 0 Å². The molecule has 2 heterocycles. The van der Waals surface area contributed by atoms with Crippen LogP contribution < -0.4 is 5.84 Å². The van der Waals surface area contributed by atoms with Gasteiger partial charge in [-0.3, -0.25) is 4.79 Å². The topological polar surface area (TPSA) is 111 Å². The molecule has 0 spiro atoms. The van der Waals surface area contributed by atoms with Crippen LogP contribution >= 0.6 is 23.4 Å². The molecular formula is C15H18ClN5O3S2. The maximum absolute atomic E-state index is 12.3. The molecular weight excluding hydrogens is 398 g/mol. The van der Waals surface area contributed by atoms with Crippen molar-refractivity contribution in [2.45, 2.75) is 17.6 Å². The summed E-state index contributed by atoms with van der Waals surface area (Å²) < 4.78 is 24.4. The van der Waals surface area contributed by atoms with Crippen molar-refractivity contribution >= 4 is 39.1 Å². The average Bonchev–Trinajstić information content (AvgIpc) is 3.15. The van der Waals surface area contributed by atoms with Gasteiger partial charge in [0.2, 0.25) is 11.1 Å². The molecule has 2 aromatic rings. The van der Waals surface area contributed by atoms with Gasteiger partial charge in [-0.05, 0) is 18.6 Å². The van der Waals surface area contributed by atoms with Crippen LogP contribution in [0, 0.1) is 0 Å². The van der Waals surface area contributed by atoms with Crippen molar-refractivity contribution in [1.29, 1.82) is 0 Å². The van der Waals surface area contributed by atoms with Gasteiger partial charge >= 0.3 is 0 Å². The molecule has 0 bridgehead atoms. The lowest BCUT2D eigenvalue weighted by Crippen LogP contribution is -2.38. The number of nitrogens with two attached hydrogens (primary N) is 1. The number of nitrogens with zero attached hydrogens (tertiary/aromatic N) is 4. The Morgan fingerprint density at radius 1 is 1.42 bits per heavy atom. The molecule has 0 aliphatic carbocycles. The van der Waals surface area contributed by atoms with Gasteiger partial charge in [0.05, 0.1) is 22.3 Å². The van der Waals surface area contributed by atoms with Crippen LogP contribution in [0.5, 0.6) is 0 Å². The molecule has 26 heavy (non-hydrogen) atoms. The molecule has 1 aliphatic rings. The standard InChI is InChI=1S/C15H18ClN5O3S2/c1-20(10-6-7-26(23,24)9-10)13(22)8-25-15-19-18-14(21(15)17)11-4-2-3-5-12(11)16/h2-5,10H,6-9,17H2,1H3/t10-/m0/s1. The van der Waals surface area contributed by atoms with E-state index in [-0.39, 0.29) is 29.2 Å². The molecule has 0 unspecified atom stereocenters. The number of aromatic nitrogens is 3. The van der Waals surface area contributed by atoms with Gasteiger partial charge < -0.3 is 10.7 Å². The number of carbonyl (C=O) groups excluding carboxylic acids is 1. The van der Waals surface area contributed by atoms with Crippen LogP contribution in [0.1, 0.15) is 6.42 Å². The zero-order valence-corrected chi connectivity index (χ0v) is 16.4. The van der Waals surface area contributed by atoms with Crippen LogP contribution in [-0.2, 0) is 14.6 Å². The summed E-state index contributed by atoms with van der Waals surface area (Å²) in [6.45, 7) is 0. The maximum atomic E-state index is 12.3. The lowest BCUT2D eigenvalue weighted by molar-refractivity contribution is -0.128. The van der Waals surface area contributed by atoms with Crippen LogP contribution in [0.3, 0.4) is 0 Å². The summed E-state index contributed by atoms with van der Waals surface area (Å²) in [6.07, 6.45) is 0.471. The Hall–Kier alpha value is -1.78. The number of hydrogen-bond donors (Lipinski definition) is 1. The van der Waals surface area contributed by atoms with E-state index in [0.29, 0.717) is 28.0 Å². The van der Waals surface area contributed by atoms with Crippen molar-refractivity contribution in [2.24, 2.45) is 0 Å². The molecule has 1 aliphatic heterocycles. The molecule has 8 nitrogen and oxygen atoms in total. The molecule has 1 atom stereocenters. The fourth-order valence-electron chi connectivity index (χ4n) is 2.71. The van der Waals surface area contributed by atoms with Gasteiger partial charge in [-0.1, -0.05) is 35.5 Å². The molecule has 1 aromatic heterocycles. The Morgan fingerprint density at radius 2 is 2.15 bits per heavy atom. The van der Waals surface area contributed by atoms with Gasteiger partial charge in [-0.15, -0.1) is 10.2 Å². The van der Waals surface area contributed by atoms with E-state index >= 15 is 0 Å². The monoisotopic (exact) mass is 415 g/mol. The minimum atomic E-state index is -3.04. The fraction of sp³-hybridized carbons (Fsp3) is 0.400. The van der Waals surface area contributed by atoms with Crippen molar-refractivity contribution < 1.29 is 13.2 Å². The first kappa shape index (κ1) is 19.0. The van der Waals surface area contributed by atoms with E-state index in [4.69, 9.17) is 17.4 Å². The fourth-order valence-corrected chi connectivity index (χ4v) is 5.49. The molecule has 140 valence electrons. The zero-order chi connectivity index (χ0) is 18.9. The number of rotatable bonds is 5. The zero-order valence-electron chi connectivity index (χ0n) is 14.0. The predicted molar refractivity (Wildman–Crippen MR) is 101 cm³/mol. The second-order valence-electron chi connectivity index (χ2n) is 6.01. The predicted octanol–water partition coefficient (Wildman–Crippen LogP) is 1.05. The molecule has 1 aromatic carbocycles. The summed E-state index contributed by atoms with van der Waals surface area (Å²) in [4.78, 5) is 13.8. The Balaban J connectivity index is 1.65. The van der Waals surface area contributed by atoms with Crippen molar-refractivity contribution in [3.8, 4) is 11.4 Å². The van der Waals surface area contributed by atoms with Gasteiger partial charge in [-0.25, -0.2) is 13.1 Å². The average molecular weight is 416 g/mol. The van der Waals surface area contributed by atoms with Crippen LogP contribution in [0.15, 0.2) is 29.4 Å². The number of carbonyl (C=O) groups is 1. The van der Waals surface area contributed by atoms with E-state index < -0.39 is 9.84 Å². The Labute approximate surface area is 160 Å². The van der Waals surface area contributed by atoms with Crippen LogP contribution in [0.2, 0.25) is 5.02 Å². The summed E-state index contributed by atoms with van der Waals surface area (Å²) in [5.41, 5.74) is 0.649. The van der Waals surface area contributed by atoms with Gasteiger partial charge in [-0.2, -0.15) is 0 Å². The van der Waals surface area contributed by atoms with Gasteiger partial charge in [0.15, 0.2) is 15.7 Å². The second kappa shape index (κ2) is 7.45. The molecule has 3 rings (SSSR count). The number of hydrogen-bond acceptors (Lipinski definition) is 7. The first-order valence-corrected chi connectivity index (χ1v) is 11.0. The highest BCUT2D eigenvalue weighted by molar-refractivity contribution is 7.99. The van der Waals surface area contributed by atoms with E-state index in [1.807, 2.05) is 6.07 Å². The molecule has 11 heteroatoms. The summed E-state index contributed by atoms with van der Waals surface area (Å²) in [7, 11) is -1.42. The third kappa shape index (κ3) is 3.97. The third-order valence-electron chi connectivity index (χ3n) is 4.25. The van der Waals surface area contributed by atoms with Crippen molar-refractivity contribution in [2.75, 3.05) is 30.1 Å². The molecule has 0 saturated carbocycles. The lowest BCUT2D eigenvalue weighted by atomic mass is 10.2. The number of nitrogen functional groups attached to an aromatic ring is 1. The Kier molecular flexibility index (Phi) is 5.44. The first-order chi connectivity index (χ1) is 12.3. The number of thioether (sulfide) groups is 1. The minimum absolute atomic E-state index is 0.0175. The minimum Gasteiger partial charge on any atom is -0.341 e. The smallest absolute Gasteiger partial charge is 0.233 e. The number of benzene rings is 1. The summed E-state index contributed by atoms with van der Waals surface area (Å²) in [5, 5.41) is 8.93. The number of amides is 1. The number of halogens is 1. The third-order valence-corrected chi connectivity index (χ3v) is 7.26. The second-order valence-corrected chi connectivity index (χ2v) is 9.58. The number of sulfone groups is 1. The largest absolute Gasteiger partial charge is 0.341 e. The van der Waals surface area contributed by atoms with Crippen LogP contribution in [0.25, 0.3) is 11.4 Å². The van der Waals surface area contributed by atoms with E-state index in [0.717, 1.165) is 11.8 Å². The Bertz CT molecular complexity index is 931. The SMILES string of the molecule is CN(C(=O)CSc1nnc(-c2ccccc2Cl)n1N)[C@H]1CCS(=O)(=O)C1. The highest BCUT2D eigenvalue weighted by Gasteiger charge is 2.32. The van der Waals surface area contributed by atoms with Crippen molar-refractivity contribution in [1.82, 2.24) is 19.8 Å². The summed E-state index contributed by atoms with van der Waals surface area (Å²) in [6, 6.07) is 6.85. The highest BCUT2D eigenvalue weighted by atomic mass is 35.5. The van der Waals surface area contributed by atoms with Crippen LogP contribution in [-0.4, -0.2) is 64.4 Å². The molecule has 1 saturated heterocycles. The molecule has 1 fully saturated rings. The van der Waals surface area contributed by atoms with E-state index in [9.17, 15) is 13.2 Å². The lowest BCUT2D eigenvalue weighted by Gasteiger charge is -2.23. The summed E-state index contributed by atoms with van der Waals surface area (Å²) >= 11 is 7.30. The highest BCUT2D eigenvalue weighted by Crippen LogP contribution is 2.27. The first-order valence-electron chi connectivity index (χ1n) is 7.83. The summed E-state index contributed by atoms with van der Waals surface area (Å²) in [5.74, 6) is 6.49. The quantitative estimate of drug-likeness (QED) is 0.573. The Morgan fingerprint density at radius 3 is 2.81 bits per heavy atom. The van der Waals surface area contributed by atoms with Crippen molar-refractivity contribution in [3.63, 3.8) is 0 Å². The van der Waals surface area contributed by atoms with Gasteiger partial charge in [0.1, 0.15) is 0 Å². The molecule has 0 radical (unpaired) electrons. The van der Waals surface area contributed by atoms with E-state index in [2.05, 4.69) is 10.2 Å². The van der Waals surface area contributed by atoms with E-state index in [1.165, 1.54) is 9.58 Å². The van der Waals surface area contributed by atoms with Gasteiger partial charge in [0.25, 0.3) is 0 Å². The van der Waals surface area contributed by atoms with Gasteiger partial charge in [0, 0.05) is 18.7 Å². The molecule has 1 amide bonds.